The van der Waals surface area contributed by atoms with Crippen LogP contribution in [0.5, 0.6) is 0 Å². The van der Waals surface area contributed by atoms with E-state index in [1.165, 1.54) is 11.1 Å². The first kappa shape index (κ1) is 10.7. The van der Waals surface area contributed by atoms with E-state index in [0.29, 0.717) is 6.54 Å². The molecule has 0 aliphatic carbocycles. The normalized spacial score (nSPS) is 10.4. The molecule has 2 N–H and O–H groups in total. The summed E-state index contributed by atoms with van der Waals surface area (Å²) in [6.07, 6.45) is 0. The van der Waals surface area contributed by atoms with Crippen LogP contribution in [-0.4, -0.2) is 18.3 Å². The number of hydrogen-bond acceptors (Lipinski definition) is 2. The summed E-state index contributed by atoms with van der Waals surface area (Å²) >= 11 is 3.48. The highest BCUT2D eigenvalue weighted by Gasteiger charge is 1.98. The van der Waals surface area contributed by atoms with E-state index < -0.39 is 0 Å². The van der Waals surface area contributed by atoms with Crippen LogP contribution in [0.25, 0.3) is 0 Å². The van der Waals surface area contributed by atoms with Crippen molar-refractivity contribution in [2.75, 3.05) is 13.2 Å². The van der Waals surface area contributed by atoms with Gasteiger partial charge in [-0.15, -0.1) is 0 Å². The van der Waals surface area contributed by atoms with Gasteiger partial charge < -0.3 is 10.4 Å². The van der Waals surface area contributed by atoms with Crippen molar-refractivity contribution < 1.29 is 5.11 Å². The fraction of sp³-hybridized carbons (Fsp3) is 0.400. The number of rotatable bonds is 4. The lowest BCUT2D eigenvalue weighted by Gasteiger charge is -2.06. The Morgan fingerprint density at radius 3 is 2.92 bits per heavy atom. The predicted octanol–water partition coefficient (Wildman–Crippen LogP) is 1.84. The van der Waals surface area contributed by atoms with Crippen molar-refractivity contribution in [1.29, 1.82) is 0 Å². The number of aryl methyl sites for hydroxylation is 1. The lowest BCUT2D eigenvalue weighted by molar-refractivity contribution is 0.292. The Balaban J connectivity index is 2.59. The van der Waals surface area contributed by atoms with Crippen molar-refractivity contribution in [3.05, 3.63) is 33.8 Å². The molecule has 0 radical (unpaired) electrons. The third kappa shape index (κ3) is 3.46. The Morgan fingerprint density at radius 1 is 1.46 bits per heavy atom. The van der Waals surface area contributed by atoms with Crippen LogP contribution >= 0.6 is 15.9 Å². The average Bonchev–Trinajstić information content (AvgIpc) is 2.11. The molecule has 0 atom stereocenters. The minimum atomic E-state index is 0.184. The molecule has 0 spiro atoms. The maximum atomic E-state index is 8.59. The third-order valence-electron chi connectivity index (χ3n) is 1.81. The molecule has 0 aliphatic rings. The summed E-state index contributed by atoms with van der Waals surface area (Å²) in [4.78, 5) is 0. The zero-order chi connectivity index (χ0) is 9.68. The Labute approximate surface area is 87.1 Å². The lowest BCUT2D eigenvalue weighted by atomic mass is 10.1. The predicted molar refractivity (Wildman–Crippen MR) is 57.7 cm³/mol. The first-order valence-corrected chi connectivity index (χ1v) is 5.10. The summed E-state index contributed by atoms with van der Waals surface area (Å²) < 4.78 is 1.11. The first-order chi connectivity index (χ1) is 6.24. The van der Waals surface area contributed by atoms with Crippen LogP contribution in [0.2, 0.25) is 0 Å². The molecule has 72 valence electrons. The zero-order valence-electron chi connectivity index (χ0n) is 7.68. The van der Waals surface area contributed by atoms with Crippen LogP contribution in [0.1, 0.15) is 11.1 Å². The molecule has 0 saturated heterocycles. The second-order valence-corrected chi connectivity index (χ2v) is 3.85. The summed E-state index contributed by atoms with van der Waals surface area (Å²) in [5.41, 5.74) is 2.48. The SMILES string of the molecule is Cc1ccc(Br)c(CNCCO)c1. The van der Waals surface area contributed by atoms with E-state index in [1.807, 2.05) is 6.07 Å². The van der Waals surface area contributed by atoms with Crippen LogP contribution in [0.3, 0.4) is 0 Å². The molecule has 1 aromatic rings. The Morgan fingerprint density at radius 2 is 2.23 bits per heavy atom. The largest absolute Gasteiger partial charge is 0.395 e. The first-order valence-electron chi connectivity index (χ1n) is 4.30. The molecule has 0 bridgehead atoms. The maximum Gasteiger partial charge on any atom is 0.0556 e. The fourth-order valence-electron chi connectivity index (χ4n) is 1.14. The summed E-state index contributed by atoms with van der Waals surface area (Å²) in [7, 11) is 0. The van der Waals surface area contributed by atoms with Crippen molar-refractivity contribution in [2.45, 2.75) is 13.5 Å². The molecule has 3 heteroatoms. The van der Waals surface area contributed by atoms with E-state index in [9.17, 15) is 0 Å². The monoisotopic (exact) mass is 243 g/mol. The van der Waals surface area contributed by atoms with Crippen molar-refractivity contribution >= 4 is 15.9 Å². The number of aliphatic hydroxyl groups is 1. The van der Waals surface area contributed by atoms with Gasteiger partial charge in [-0.3, -0.25) is 0 Å². The summed E-state index contributed by atoms with van der Waals surface area (Å²) in [6, 6.07) is 6.25. The molecule has 1 rings (SSSR count). The second kappa shape index (κ2) is 5.37. The van der Waals surface area contributed by atoms with Gasteiger partial charge in [-0.1, -0.05) is 33.6 Å². The molecule has 0 aliphatic heterocycles. The summed E-state index contributed by atoms with van der Waals surface area (Å²) in [6.45, 7) is 3.69. The van der Waals surface area contributed by atoms with Crippen molar-refractivity contribution in [3.8, 4) is 0 Å². The van der Waals surface area contributed by atoms with Crippen molar-refractivity contribution in [3.63, 3.8) is 0 Å². The highest BCUT2D eigenvalue weighted by Crippen LogP contribution is 2.17. The number of hydrogen-bond donors (Lipinski definition) is 2. The molecule has 1 aromatic carbocycles. The third-order valence-corrected chi connectivity index (χ3v) is 2.58. The van der Waals surface area contributed by atoms with Crippen LogP contribution < -0.4 is 5.32 Å². The number of benzene rings is 1. The molecular formula is C10H14BrNO. The van der Waals surface area contributed by atoms with Gasteiger partial charge in [0.15, 0.2) is 0 Å². The molecule has 0 heterocycles. The quantitative estimate of drug-likeness (QED) is 0.792. The van der Waals surface area contributed by atoms with Gasteiger partial charge in [-0.2, -0.15) is 0 Å². The molecule has 2 nitrogen and oxygen atoms in total. The van der Waals surface area contributed by atoms with Gasteiger partial charge >= 0.3 is 0 Å². The number of nitrogens with one attached hydrogen (secondary N) is 1. The molecule has 0 unspecified atom stereocenters. The molecule has 0 saturated carbocycles. The van der Waals surface area contributed by atoms with E-state index in [1.54, 1.807) is 0 Å². The van der Waals surface area contributed by atoms with Gasteiger partial charge in [-0.25, -0.2) is 0 Å². The second-order valence-electron chi connectivity index (χ2n) is 3.00. The van der Waals surface area contributed by atoms with Gasteiger partial charge in [0.1, 0.15) is 0 Å². The summed E-state index contributed by atoms with van der Waals surface area (Å²) in [5, 5.41) is 11.7. The van der Waals surface area contributed by atoms with Gasteiger partial charge in [0, 0.05) is 17.6 Å². The van der Waals surface area contributed by atoms with Crippen molar-refractivity contribution in [1.82, 2.24) is 5.32 Å². The minimum Gasteiger partial charge on any atom is -0.395 e. The van der Waals surface area contributed by atoms with Crippen LogP contribution in [-0.2, 0) is 6.54 Å². The van der Waals surface area contributed by atoms with Crippen molar-refractivity contribution in [2.24, 2.45) is 0 Å². The smallest absolute Gasteiger partial charge is 0.0556 e. The van der Waals surface area contributed by atoms with E-state index >= 15 is 0 Å². The van der Waals surface area contributed by atoms with Crippen LogP contribution in [0, 0.1) is 6.92 Å². The van der Waals surface area contributed by atoms with Crippen LogP contribution in [0.4, 0.5) is 0 Å². The van der Waals surface area contributed by atoms with Crippen LogP contribution in [0.15, 0.2) is 22.7 Å². The Hall–Kier alpha value is -0.380. The van der Waals surface area contributed by atoms with Gasteiger partial charge in [-0.05, 0) is 18.6 Å². The van der Waals surface area contributed by atoms with E-state index in [2.05, 4.69) is 40.3 Å². The molecule has 0 fully saturated rings. The van der Waals surface area contributed by atoms with E-state index in [-0.39, 0.29) is 6.61 Å². The molecule has 0 aromatic heterocycles. The van der Waals surface area contributed by atoms with Gasteiger partial charge in [0.2, 0.25) is 0 Å². The standard InChI is InChI=1S/C10H14BrNO/c1-8-2-3-10(11)9(6-8)7-12-4-5-13/h2-3,6,12-13H,4-5,7H2,1H3. The van der Waals surface area contributed by atoms with E-state index in [0.717, 1.165) is 11.0 Å². The highest BCUT2D eigenvalue weighted by molar-refractivity contribution is 9.10. The minimum absolute atomic E-state index is 0.184. The van der Waals surface area contributed by atoms with Gasteiger partial charge in [0.05, 0.1) is 6.61 Å². The average molecular weight is 244 g/mol. The van der Waals surface area contributed by atoms with Gasteiger partial charge in [0.25, 0.3) is 0 Å². The topological polar surface area (TPSA) is 32.3 Å². The molecule has 13 heavy (non-hydrogen) atoms. The number of halogens is 1. The lowest BCUT2D eigenvalue weighted by Crippen LogP contribution is -2.17. The summed E-state index contributed by atoms with van der Waals surface area (Å²) in [5.74, 6) is 0. The Kier molecular flexibility index (Phi) is 4.42. The van der Waals surface area contributed by atoms with E-state index in [4.69, 9.17) is 5.11 Å². The molecular weight excluding hydrogens is 230 g/mol. The maximum absolute atomic E-state index is 8.59. The fourth-order valence-corrected chi connectivity index (χ4v) is 1.53. The Bertz CT molecular complexity index is 276. The number of aliphatic hydroxyl groups excluding tert-OH is 1. The highest BCUT2D eigenvalue weighted by atomic mass is 79.9. The molecule has 0 amide bonds. The zero-order valence-corrected chi connectivity index (χ0v) is 9.26.